The fourth-order valence-electron chi connectivity index (χ4n) is 1.82. The third-order valence-electron chi connectivity index (χ3n) is 2.66. The van der Waals surface area contributed by atoms with Gasteiger partial charge in [0.15, 0.2) is 0 Å². The van der Waals surface area contributed by atoms with Gasteiger partial charge in [-0.3, -0.25) is 4.79 Å². The van der Waals surface area contributed by atoms with Gasteiger partial charge in [-0.05, 0) is 12.3 Å². The van der Waals surface area contributed by atoms with E-state index in [2.05, 4.69) is 6.92 Å². The number of nitrogens with two attached hydrogens (primary N) is 1. The Morgan fingerprint density at radius 3 is 2.64 bits per heavy atom. The molecule has 2 N–H and O–H groups in total. The van der Waals surface area contributed by atoms with Crippen molar-refractivity contribution in [2.75, 3.05) is 6.54 Å². The molecule has 0 bridgehead atoms. The molecule has 3 nitrogen and oxygen atoms in total. The molecule has 1 amide bonds. The first-order valence-corrected chi connectivity index (χ1v) is 4.23. The molecule has 1 saturated carbocycles. The highest BCUT2D eigenvalue weighted by molar-refractivity contribution is 5.80. The van der Waals surface area contributed by atoms with E-state index >= 15 is 0 Å². The van der Waals surface area contributed by atoms with Crippen molar-refractivity contribution >= 4 is 5.91 Å². The molecule has 1 aliphatic carbocycles. The van der Waals surface area contributed by atoms with E-state index in [1.807, 2.05) is 4.90 Å². The molecule has 3 heteroatoms. The number of amides is 1. The number of likely N-dealkylation sites (tertiary alicyclic amines) is 1. The number of carbonyl (C=O) groups is 1. The molecule has 11 heavy (non-hydrogen) atoms. The van der Waals surface area contributed by atoms with Crippen LogP contribution in [-0.4, -0.2) is 29.4 Å². The minimum Gasteiger partial charge on any atom is -0.338 e. The van der Waals surface area contributed by atoms with Crippen molar-refractivity contribution < 1.29 is 4.79 Å². The van der Waals surface area contributed by atoms with Crippen LogP contribution in [0.25, 0.3) is 0 Å². The summed E-state index contributed by atoms with van der Waals surface area (Å²) in [5, 5.41) is 0. The second kappa shape index (κ2) is 2.21. The smallest absolute Gasteiger partial charge is 0.224 e. The molecule has 1 heterocycles. The molecule has 2 rings (SSSR count). The fraction of sp³-hybridized carbons (Fsp3) is 0.875. The summed E-state index contributed by atoms with van der Waals surface area (Å²) in [6.45, 7) is 2.97. The fourth-order valence-corrected chi connectivity index (χ4v) is 1.82. The molecule has 1 saturated heterocycles. The van der Waals surface area contributed by atoms with Gasteiger partial charge >= 0.3 is 0 Å². The average Bonchev–Trinajstić information content (AvgIpc) is 2.52. The third kappa shape index (κ3) is 1.13. The van der Waals surface area contributed by atoms with Crippen molar-refractivity contribution in [1.82, 2.24) is 4.90 Å². The van der Waals surface area contributed by atoms with Gasteiger partial charge in [0.1, 0.15) is 0 Å². The Morgan fingerprint density at radius 2 is 2.27 bits per heavy atom. The maximum absolute atomic E-state index is 11.3. The van der Waals surface area contributed by atoms with Crippen molar-refractivity contribution in [2.45, 2.75) is 31.8 Å². The number of nitrogens with zero attached hydrogens (tertiary/aromatic N) is 1. The minimum absolute atomic E-state index is 0.0929. The molecule has 1 aliphatic heterocycles. The lowest BCUT2D eigenvalue weighted by molar-refractivity contribution is -0.128. The van der Waals surface area contributed by atoms with Gasteiger partial charge in [-0.2, -0.15) is 0 Å². The van der Waals surface area contributed by atoms with E-state index in [9.17, 15) is 4.79 Å². The van der Waals surface area contributed by atoms with Crippen LogP contribution in [0.15, 0.2) is 0 Å². The zero-order valence-electron chi connectivity index (χ0n) is 6.79. The second-order valence-corrected chi connectivity index (χ2v) is 3.79. The van der Waals surface area contributed by atoms with Crippen molar-refractivity contribution in [1.29, 1.82) is 0 Å². The van der Waals surface area contributed by atoms with Gasteiger partial charge in [0.2, 0.25) is 5.91 Å². The first-order valence-electron chi connectivity index (χ1n) is 4.23. The van der Waals surface area contributed by atoms with Crippen LogP contribution in [0.1, 0.15) is 19.8 Å². The van der Waals surface area contributed by atoms with Gasteiger partial charge in [-0.1, -0.05) is 6.92 Å². The van der Waals surface area contributed by atoms with E-state index in [0.29, 0.717) is 18.4 Å². The Morgan fingerprint density at radius 1 is 1.64 bits per heavy atom. The lowest BCUT2D eigenvalue weighted by atomic mass is 10.3. The maximum Gasteiger partial charge on any atom is 0.224 e. The summed E-state index contributed by atoms with van der Waals surface area (Å²) >= 11 is 0. The van der Waals surface area contributed by atoms with Gasteiger partial charge in [0.05, 0.1) is 0 Å². The largest absolute Gasteiger partial charge is 0.338 e. The van der Waals surface area contributed by atoms with Crippen molar-refractivity contribution in [2.24, 2.45) is 11.7 Å². The number of rotatable bonds is 1. The molecule has 62 valence electrons. The molecule has 2 fully saturated rings. The topological polar surface area (TPSA) is 46.3 Å². The number of carbonyl (C=O) groups excluding carboxylic acids is 1. The lowest BCUT2D eigenvalue weighted by Gasteiger charge is -2.14. The summed E-state index contributed by atoms with van der Waals surface area (Å²) < 4.78 is 0. The number of hydrogen-bond donors (Lipinski definition) is 1. The molecular formula is C8H14N2O. The molecule has 0 aromatic heterocycles. The van der Waals surface area contributed by atoms with E-state index in [4.69, 9.17) is 5.73 Å². The third-order valence-corrected chi connectivity index (χ3v) is 2.66. The summed E-state index contributed by atoms with van der Waals surface area (Å²) in [4.78, 5) is 13.2. The van der Waals surface area contributed by atoms with Crippen LogP contribution in [0.5, 0.6) is 0 Å². The second-order valence-electron chi connectivity index (χ2n) is 3.79. The summed E-state index contributed by atoms with van der Waals surface area (Å²) in [6, 6.07) is 0.617. The Labute approximate surface area is 66.5 Å². The van der Waals surface area contributed by atoms with Gasteiger partial charge in [-0.25, -0.2) is 0 Å². The summed E-state index contributed by atoms with van der Waals surface area (Å²) in [5.74, 6) is 0.969. The zero-order valence-corrected chi connectivity index (χ0v) is 6.79. The summed E-state index contributed by atoms with van der Waals surface area (Å²) in [7, 11) is 0. The van der Waals surface area contributed by atoms with Gasteiger partial charge in [0, 0.05) is 25.0 Å². The first-order chi connectivity index (χ1) is 5.18. The molecule has 2 aliphatic rings. The van der Waals surface area contributed by atoms with Crippen molar-refractivity contribution in [3.63, 3.8) is 0 Å². The van der Waals surface area contributed by atoms with Gasteiger partial charge in [0.25, 0.3) is 0 Å². The predicted molar refractivity (Wildman–Crippen MR) is 41.9 cm³/mol. The standard InChI is InChI=1S/C8H14N2O/c1-5-2-7(5)10-4-6(9)3-8(10)11/h5-7H,2-4,9H2,1H3/t5-,6-,7-/m1/s1. The highest BCUT2D eigenvalue weighted by Crippen LogP contribution is 2.36. The summed E-state index contributed by atoms with van der Waals surface area (Å²) in [6.07, 6.45) is 1.74. The van der Waals surface area contributed by atoms with E-state index in [1.54, 1.807) is 0 Å². The Bertz CT molecular complexity index is 193. The quantitative estimate of drug-likeness (QED) is 0.576. The van der Waals surface area contributed by atoms with Crippen LogP contribution in [0.4, 0.5) is 0 Å². The average molecular weight is 154 g/mol. The highest BCUT2D eigenvalue weighted by Gasteiger charge is 2.43. The molecule has 0 unspecified atom stereocenters. The molecule has 0 spiro atoms. The van der Waals surface area contributed by atoms with Gasteiger partial charge < -0.3 is 10.6 Å². The molecule has 0 radical (unpaired) electrons. The number of hydrogen-bond acceptors (Lipinski definition) is 2. The normalized spacial score (nSPS) is 43.3. The maximum atomic E-state index is 11.3. The van der Waals surface area contributed by atoms with Crippen LogP contribution in [0.3, 0.4) is 0 Å². The highest BCUT2D eigenvalue weighted by atomic mass is 16.2. The summed E-state index contributed by atoms with van der Waals surface area (Å²) in [5.41, 5.74) is 5.66. The predicted octanol–water partition coefficient (Wildman–Crippen LogP) is -0.0456. The van der Waals surface area contributed by atoms with Crippen LogP contribution in [0, 0.1) is 5.92 Å². The Kier molecular flexibility index (Phi) is 1.42. The minimum atomic E-state index is 0.0929. The Balaban J connectivity index is 1.99. The monoisotopic (exact) mass is 154 g/mol. The Hall–Kier alpha value is -0.570. The molecule has 0 aromatic rings. The zero-order chi connectivity index (χ0) is 8.01. The lowest BCUT2D eigenvalue weighted by Crippen LogP contribution is -2.30. The van der Waals surface area contributed by atoms with Crippen molar-refractivity contribution in [3.05, 3.63) is 0 Å². The van der Waals surface area contributed by atoms with Crippen molar-refractivity contribution in [3.8, 4) is 0 Å². The molecule has 3 atom stereocenters. The van der Waals surface area contributed by atoms with Crippen LogP contribution in [0.2, 0.25) is 0 Å². The van der Waals surface area contributed by atoms with E-state index < -0.39 is 0 Å². The van der Waals surface area contributed by atoms with Crippen LogP contribution < -0.4 is 5.73 Å². The molecular weight excluding hydrogens is 140 g/mol. The van der Waals surface area contributed by atoms with E-state index in [1.165, 1.54) is 6.42 Å². The first kappa shape index (κ1) is 7.10. The SMILES string of the molecule is C[C@@H]1C[C@H]1N1C[C@H](N)CC1=O. The van der Waals surface area contributed by atoms with Gasteiger partial charge in [-0.15, -0.1) is 0 Å². The van der Waals surface area contributed by atoms with Crippen LogP contribution in [-0.2, 0) is 4.79 Å². The van der Waals surface area contributed by atoms with E-state index in [-0.39, 0.29) is 11.9 Å². The van der Waals surface area contributed by atoms with E-state index in [0.717, 1.165) is 6.54 Å². The molecule has 0 aromatic carbocycles. The van der Waals surface area contributed by atoms with Crippen LogP contribution >= 0.6 is 0 Å².